The van der Waals surface area contributed by atoms with Crippen LogP contribution in [0.4, 0.5) is 5.13 Å². The lowest BCUT2D eigenvalue weighted by atomic mass is 10.2. The summed E-state index contributed by atoms with van der Waals surface area (Å²) in [6, 6.07) is 4.45. The first kappa shape index (κ1) is 15.7. The number of aromatic nitrogens is 1. The third kappa shape index (κ3) is 4.13. The van der Waals surface area contributed by atoms with Gasteiger partial charge >= 0.3 is 16.2 Å². The summed E-state index contributed by atoms with van der Waals surface area (Å²) in [4.78, 5) is 15.0. The molecule has 0 saturated heterocycles. The molecule has 0 radical (unpaired) electrons. The maximum atomic E-state index is 11.8. The van der Waals surface area contributed by atoms with Gasteiger partial charge in [-0.1, -0.05) is 25.2 Å². The topological polar surface area (TPSA) is 108 Å². The average Bonchev–Trinajstić information content (AvgIpc) is 2.76. The lowest BCUT2D eigenvalue weighted by Crippen LogP contribution is -2.32. The van der Waals surface area contributed by atoms with Crippen LogP contribution in [-0.2, 0) is 10.2 Å². The molecule has 0 saturated carbocycles. The highest BCUT2D eigenvalue weighted by molar-refractivity contribution is 7.91. The fourth-order valence-electron chi connectivity index (χ4n) is 1.53. The van der Waals surface area contributed by atoms with E-state index in [0.29, 0.717) is 16.8 Å². The van der Waals surface area contributed by atoms with Crippen molar-refractivity contribution >= 4 is 42.9 Å². The molecule has 0 spiro atoms. The van der Waals surface area contributed by atoms with Crippen LogP contribution in [0.25, 0.3) is 10.2 Å². The predicted molar refractivity (Wildman–Crippen MR) is 82.0 cm³/mol. The quantitative estimate of drug-likeness (QED) is 0.750. The maximum Gasteiger partial charge on any atom is 0.335 e. The van der Waals surface area contributed by atoms with E-state index in [1.165, 1.54) is 12.1 Å². The number of carbonyl (C=O) groups is 1. The van der Waals surface area contributed by atoms with Crippen LogP contribution in [0.3, 0.4) is 0 Å². The fourth-order valence-corrected chi connectivity index (χ4v) is 3.68. The van der Waals surface area contributed by atoms with E-state index in [9.17, 15) is 13.2 Å². The number of aromatic carboxylic acids is 1. The largest absolute Gasteiger partial charge is 0.478 e. The second kappa shape index (κ2) is 5.96. The summed E-state index contributed by atoms with van der Waals surface area (Å²) in [5.41, 5.74) is 0.685. The van der Waals surface area contributed by atoms with E-state index in [4.69, 9.17) is 5.11 Å². The number of hydrogen-bond acceptors (Lipinski definition) is 5. The summed E-state index contributed by atoms with van der Waals surface area (Å²) in [7, 11) is -3.67. The number of benzene rings is 1. The zero-order valence-corrected chi connectivity index (χ0v) is 13.1. The van der Waals surface area contributed by atoms with E-state index < -0.39 is 16.2 Å². The normalized spacial score (nSPS) is 12.0. The van der Waals surface area contributed by atoms with Crippen molar-refractivity contribution in [2.45, 2.75) is 13.8 Å². The van der Waals surface area contributed by atoms with Crippen LogP contribution in [-0.4, -0.2) is 31.0 Å². The Bertz CT molecular complexity index is 768. The number of hydrogen-bond donors (Lipinski definition) is 3. The molecule has 7 nitrogen and oxygen atoms in total. The lowest BCUT2D eigenvalue weighted by Gasteiger charge is -2.08. The number of rotatable bonds is 6. The van der Waals surface area contributed by atoms with Gasteiger partial charge in [0.25, 0.3) is 0 Å². The highest BCUT2D eigenvalue weighted by atomic mass is 32.2. The Labute approximate surface area is 126 Å². The third-order valence-corrected chi connectivity index (χ3v) is 4.61. The van der Waals surface area contributed by atoms with Gasteiger partial charge < -0.3 is 5.11 Å². The molecule has 3 N–H and O–H groups in total. The van der Waals surface area contributed by atoms with Gasteiger partial charge in [0, 0.05) is 6.54 Å². The van der Waals surface area contributed by atoms with Gasteiger partial charge in [0.2, 0.25) is 0 Å². The van der Waals surface area contributed by atoms with E-state index in [1.807, 2.05) is 13.8 Å². The van der Waals surface area contributed by atoms with Gasteiger partial charge in [0.15, 0.2) is 5.13 Å². The molecule has 9 heteroatoms. The SMILES string of the molecule is CC(C)CNS(=O)(=O)Nc1nc2ccc(C(=O)O)cc2s1. The van der Waals surface area contributed by atoms with Gasteiger partial charge in [-0.05, 0) is 24.1 Å². The Morgan fingerprint density at radius 3 is 2.76 bits per heavy atom. The van der Waals surface area contributed by atoms with Gasteiger partial charge in [-0.2, -0.15) is 13.1 Å². The first-order valence-corrected chi connectivity index (χ1v) is 8.48. The second-order valence-electron chi connectivity index (χ2n) is 4.85. The number of carboxylic acid groups (broad SMARTS) is 1. The first-order chi connectivity index (χ1) is 9.77. The molecule has 1 heterocycles. The third-order valence-electron chi connectivity index (χ3n) is 2.54. The minimum Gasteiger partial charge on any atom is -0.478 e. The molecule has 1 aromatic carbocycles. The molecule has 114 valence electrons. The Kier molecular flexibility index (Phi) is 4.45. The number of nitrogens with one attached hydrogen (secondary N) is 2. The Hall–Kier alpha value is -1.71. The molecule has 21 heavy (non-hydrogen) atoms. The van der Waals surface area contributed by atoms with Crippen LogP contribution in [0.1, 0.15) is 24.2 Å². The molecule has 1 aromatic heterocycles. The van der Waals surface area contributed by atoms with E-state index in [1.54, 1.807) is 6.07 Å². The Morgan fingerprint density at radius 2 is 2.14 bits per heavy atom. The average molecular weight is 329 g/mol. The summed E-state index contributed by atoms with van der Waals surface area (Å²) in [5, 5.41) is 9.12. The van der Waals surface area contributed by atoms with Gasteiger partial charge in [0.05, 0.1) is 15.8 Å². The molecule has 0 unspecified atom stereocenters. The molecule has 0 bridgehead atoms. The van der Waals surface area contributed by atoms with E-state index in [2.05, 4.69) is 14.4 Å². The minimum absolute atomic E-state index is 0.137. The zero-order chi connectivity index (χ0) is 15.6. The fraction of sp³-hybridized carbons (Fsp3) is 0.333. The van der Waals surface area contributed by atoms with Crippen molar-refractivity contribution in [1.29, 1.82) is 0 Å². The van der Waals surface area contributed by atoms with Crippen LogP contribution in [0.2, 0.25) is 0 Å². The summed E-state index contributed by atoms with van der Waals surface area (Å²) < 4.78 is 29.0. The van der Waals surface area contributed by atoms with Crippen molar-refractivity contribution in [3.63, 3.8) is 0 Å². The number of anilines is 1. The molecular formula is C12H15N3O4S2. The van der Waals surface area contributed by atoms with Crippen molar-refractivity contribution in [1.82, 2.24) is 9.71 Å². The second-order valence-corrected chi connectivity index (χ2v) is 7.38. The molecule has 2 aromatic rings. The van der Waals surface area contributed by atoms with E-state index in [0.717, 1.165) is 11.3 Å². The van der Waals surface area contributed by atoms with Crippen LogP contribution in [0.15, 0.2) is 18.2 Å². The van der Waals surface area contributed by atoms with Crippen LogP contribution >= 0.6 is 11.3 Å². The Balaban J connectivity index is 2.21. The molecule has 0 aliphatic rings. The molecule has 0 amide bonds. The van der Waals surface area contributed by atoms with Crippen LogP contribution in [0.5, 0.6) is 0 Å². The van der Waals surface area contributed by atoms with Crippen molar-refractivity contribution < 1.29 is 18.3 Å². The predicted octanol–water partition coefficient (Wildman–Crippen LogP) is 1.90. The standard InChI is InChI=1S/C12H15N3O4S2/c1-7(2)6-13-21(18,19)15-12-14-9-4-3-8(11(16)17)5-10(9)20-12/h3-5,7,13H,6H2,1-2H3,(H,14,15)(H,16,17). The molecule has 0 aliphatic heterocycles. The zero-order valence-electron chi connectivity index (χ0n) is 11.5. The maximum absolute atomic E-state index is 11.8. The van der Waals surface area contributed by atoms with Crippen LogP contribution < -0.4 is 9.44 Å². The number of carboxylic acids is 1. The Morgan fingerprint density at radius 1 is 1.43 bits per heavy atom. The van der Waals surface area contributed by atoms with Gasteiger partial charge in [-0.25, -0.2) is 14.5 Å². The first-order valence-electron chi connectivity index (χ1n) is 6.18. The van der Waals surface area contributed by atoms with Crippen molar-refractivity contribution in [2.24, 2.45) is 5.92 Å². The van der Waals surface area contributed by atoms with Crippen LogP contribution in [0, 0.1) is 5.92 Å². The molecule has 0 aliphatic carbocycles. The summed E-state index contributed by atoms with van der Waals surface area (Å²) in [6.45, 7) is 4.12. The highest BCUT2D eigenvalue weighted by Crippen LogP contribution is 2.27. The summed E-state index contributed by atoms with van der Waals surface area (Å²) >= 11 is 1.09. The number of thiazole rings is 1. The van der Waals surface area contributed by atoms with Crippen molar-refractivity contribution in [2.75, 3.05) is 11.3 Å². The lowest BCUT2D eigenvalue weighted by molar-refractivity contribution is 0.0697. The molecule has 2 rings (SSSR count). The molecular weight excluding hydrogens is 314 g/mol. The van der Waals surface area contributed by atoms with Gasteiger partial charge in [-0.3, -0.25) is 0 Å². The number of fused-ring (bicyclic) bond motifs is 1. The molecule has 0 fully saturated rings. The van der Waals surface area contributed by atoms with Gasteiger partial charge in [0.1, 0.15) is 0 Å². The molecule has 0 atom stereocenters. The summed E-state index contributed by atoms with van der Waals surface area (Å²) in [5.74, 6) is -0.846. The smallest absolute Gasteiger partial charge is 0.335 e. The summed E-state index contributed by atoms with van der Waals surface area (Å²) in [6.07, 6.45) is 0. The van der Waals surface area contributed by atoms with Crippen molar-refractivity contribution in [3.05, 3.63) is 23.8 Å². The van der Waals surface area contributed by atoms with E-state index in [-0.39, 0.29) is 16.6 Å². The highest BCUT2D eigenvalue weighted by Gasteiger charge is 2.14. The van der Waals surface area contributed by atoms with Crippen molar-refractivity contribution in [3.8, 4) is 0 Å². The van der Waals surface area contributed by atoms with E-state index >= 15 is 0 Å². The van der Waals surface area contributed by atoms with Gasteiger partial charge in [-0.15, -0.1) is 0 Å². The minimum atomic E-state index is -3.67. The monoisotopic (exact) mass is 329 g/mol. The number of nitrogens with zero attached hydrogens (tertiary/aromatic N) is 1.